The number of benzene rings is 3. The maximum atomic E-state index is 14.0. The van der Waals surface area contributed by atoms with Crippen LogP contribution < -0.4 is 9.64 Å². The predicted molar refractivity (Wildman–Crippen MR) is 132 cm³/mol. The lowest BCUT2D eigenvalue weighted by molar-refractivity contribution is -0.120. The van der Waals surface area contributed by atoms with E-state index in [1.165, 1.54) is 11.1 Å². The minimum atomic E-state index is -0.202. The SMILES string of the molecule is COc1ccc2c(c1)C(C(=O)N(Cc1ccc(C#N)cc1)c1ccc(C(C)C)cc1)CCC2. The summed E-state index contributed by atoms with van der Waals surface area (Å²) in [7, 11) is 1.66. The summed E-state index contributed by atoms with van der Waals surface area (Å²) in [6, 6.07) is 24.0. The summed E-state index contributed by atoms with van der Waals surface area (Å²) >= 11 is 0. The van der Waals surface area contributed by atoms with Gasteiger partial charge in [0.2, 0.25) is 5.91 Å². The molecular weight excluding hydrogens is 408 g/mol. The van der Waals surface area contributed by atoms with E-state index < -0.39 is 0 Å². The zero-order chi connectivity index (χ0) is 23.4. The molecule has 0 aromatic heterocycles. The van der Waals surface area contributed by atoms with E-state index in [0.717, 1.165) is 41.8 Å². The van der Waals surface area contributed by atoms with Gasteiger partial charge in [-0.25, -0.2) is 0 Å². The number of hydrogen-bond donors (Lipinski definition) is 0. The normalized spacial score (nSPS) is 14.9. The molecular formula is C29H30N2O2. The number of hydrogen-bond acceptors (Lipinski definition) is 3. The number of carbonyl (C=O) groups excluding carboxylic acids is 1. The predicted octanol–water partition coefficient (Wildman–Crippen LogP) is 6.34. The molecule has 0 bridgehead atoms. The highest BCUT2D eigenvalue weighted by Gasteiger charge is 2.31. The molecule has 4 rings (SSSR count). The summed E-state index contributed by atoms with van der Waals surface area (Å²) in [5.41, 5.74) is 6.06. The third-order valence-electron chi connectivity index (χ3n) is 6.53. The van der Waals surface area contributed by atoms with Crippen LogP contribution in [-0.4, -0.2) is 13.0 Å². The van der Waals surface area contributed by atoms with Crippen molar-refractivity contribution in [2.24, 2.45) is 0 Å². The van der Waals surface area contributed by atoms with Crippen molar-refractivity contribution in [1.29, 1.82) is 5.26 Å². The van der Waals surface area contributed by atoms with Gasteiger partial charge < -0.3 is 9.64 Å². The van der Waals surface area contributed by atoms with Crippen LogP contribution in [0.4, 0.5) is 5.69 Å². The van der Waals surface area contributed by atoms with Crippen molar-refractivity contribution in [1.82, 2.24) is 0 Å². The Hall–Kier alpha value is -3.58. The standard InChI is InChI=1S/C29H30N2O2/c1-20(2)23-11-14-25(15-12-23)31(19-22-9-7-21(18-30)8-10-22)29(32)27-6-4-5-24-13-16-26(33-3)17-28(24)27/h7-17,20,27H,4-6,19H2,1-3H3. The van der Waals surface area contributed by atoms with Crippen molar-refractivity contribution in [3.63, 3.8) is 0 Å². The van der Waals surface area contributed by atoms with Gasteiger partial charge in [-0.15, -0.1) is 0 Å². The van der Waals surface area contributed by atoms with Crippen LogP contribution in [0.3, 0.4) is 0 Å². The Morgan fingerprint density at radius 2 is 1.82 bits per heavy atom. The fourth-order valence-corrected chi connectivity index (χ4v) is 4.55. The molecule has 0 spiro atoms. The van der Waals surface area contributed by atoms with E-state index in [-0.39, 0.29) is 11.8 Å². The van der Waals surface area contributed by atoms with Gasteiger partial charge in [-0.1, -0.05) is 44.2 Å². The van der Waals surface area contributed by atoms with E-state index in [0.29, 0.717) is 18.0 Å². The summed E-state index contributed by atoms with van der Waals surface area (Å²) in [6.07, 6.45) is 2.81. The maximum absolute atomic E-state index is 14.0. The minimum Gasteiger partial charge on any atom is -0.497 e. The lowest BCUT2D eigenvalue weighted by atomic mass is 9.81. The van der Waals surface area contributed by atoms with E-state index in [1.807, 2.05) is 41.3 Å². The topological polar surface area (TPSA) is 53.3 Å². The molecule has 1 atom stereocenters. The molecule has 1 amide bonds. The number of methoxy groups -OCH3 is 1. The van der Waals surface area contributed by atoms with Crippen LogP contribution in [0.5, 0.6) is 5.75 Å². The Bertz CT molecular complexity index is 1160. The molecule has 4 nitrogen and oxygen atoms in total. The second-order valence-corrected chi connectivity index (χ2v) is 8.99. The number of anilines is 1. The van der Waals surface area contributed by atoms with Gasteiger partial charge in [0.1, 0.15) is 5.75 Å². The molecule has 0 aliphatic heterocycles. The largest absolute Gasteiger partial charge is 0.497 e. The third kappa shape index (κ3) is 4.93. The van der Waals surface area contributed by atoms with Gasteiger partial charge in [-0.2, -0.15) is 5.26 Å². The van der Waals surface area contributed by atoms with E-state index >= 15 is 0 Å². The summed E-state index contributed by atoms with van der Waals surface area (Å²) in [4.78, 5) is 15.9. The lowest BCUT2D eigenvalue weighted by Crippen LogP contribution is -2.36. The van der Waals surface area contributed by atoms with Crippen LogP contribution in [-0.2, 0) is 17.8 Å². The molecule has 33 heavy (non-hydrogen) atoms. The fourth-order valence-electron chi connectivity index (χ4n) is 4.55. The van der Waals surface area contributed by atoms with E-state index in [2.05, 4.69) is 38.1 Å². The molecule has 0 saturated heterocycles. The highest BCUT2D eigenvalue weighted by molar-refractivity contribution is 5.98. The highest BCUT2D eigenvalue weighted by atomic mass is 16.5. The average molecular weight is 439 g/mol. The second-order valence-electron chi connectivity index (χ2n) is 8.99. The van der Waals surface area contributed by atoms with Crippen molar-refractivity contribution in [2.45, 2.75) is 51.5 Å². The van der Waals surface area contributed by atoms with Crippen LogP contribution in [0, 0.1) is 11.3 Å². The Kier molecular flexibility index (Phi) is 6.79. The van der Waals surface area contributed by atoms with Crippen LogP contribution >= 0.6 is 0 Å². The second kappa shape index (κ2) is 9.92. The zero-order valence-electron chi connectivity index (χ0n) is 19.5. The number of rotatable bonds is 6. The highest BCUT2D eigenvalue weighted by Crippen LogP contribution is 2.37. The first-order valence-corrected chi connectivity index (χ1v) is 11.6. The van der Waals surface area contributed by atoms with E-state index in [4.69, 9.17) is 10.00 Å². The van der Waals surface area contributed by atoms with Gasteiger partial charge in [0.15, 0.2) is 0 Å². The maximum Gasteiger partial charge on any atom is 0.234 e. The Morgan fingerprint density at radius 1 is 1.09 bits per heavy atom. The van der Waals surface area contributed by atoms with Gasteiger partial charge in [0.05, 0.1) is 31.2 Å². The summed E-state index contributed by atoms with van der Waals surface area (Å²) in [5.74, 6) is 1.12. The zero-order valence-corrected chi connectivity index (χ0v) is 19.5. The molecule has 1 aliphatic carbocycles. The number of amides is 1. The third-order valence-corrected chi connectivity index (χ3v) is 6.53. The lowest BCUT2D eigenvalue weighted by Gasteiger charge is -2.31. The molecule has 1 unspecified atom stereocenters. The van der Waals surface area contributed by atoms with Crippen molar-refractivity contribution in [2.75, 3.05) is 12.0 Å². The van der Waals surface area contributed by atoms with Gasteiger partial charge in [0.25, 0.3) is 0 Å². The van der Waals surface area contributed by atoms with Gasteiger partial charge >= 0.3 is 0 Å². The Morgan fingerprint density at radius 3 is 2.45 bits per heavy atom. The number of ether oxygens (including phenoxy) is 1. The molecule has 1 aliphatic rings. The first-order valence-electron chi connectivity index (χ1n) is 11.6. The van der Waals surface area contributed by atoms with Crippen LogP contribution in [0.25, 0.3) is 0 Å². The molecule has 168 valence electrons. The average Bonchev–Trinajstić information content (AvgIpc) is 2.86. The van der Waals surface area contributed by atoms with Gasteiger partial charge in [0, 0.05) is 5.69 Å². The van der Waals surface area contributed by atoms with Gasteiger partial charge in [-0.3, -0.25) is 4.79 Å². The monoisotopic (exact) mass is 438 g/mol. The van der Waals surface area contributed by atoms with E-state index in [1.54, 1.807) is 19.2 Å². The van der Waals surface area contributed by atoms with Crippen LogP contribution in [0.1, 0.15) is 66.3 Å². The van der Waals surface area contributed by atoms with Crippen molar-refractivity contribution in [3.8, 4) is 11.8 Å². The fraction of sp³-hybridized carbons (Fsp3) is 0.310. The van der Waals surface area contributed by atoms with E-state index in [9.17, 15) is 4.79 Å². The minimum absolute atomic E-state index is 0.103. The molecule has 0 N–H and O–H groups in total. The molecule has 3 aromatic rings. The van der Waals surface area contributed by atoms with Crippen LogP contribution in [0.15, 0.2) is 66.7 Å². The summed E-state index contributed by atoms with van der Waals surface area (Å²) in [5, 5.41) is 9.13. The van der Waals surface area contributed by atoms with Gasteiger partial charge in [-0.05, 0) is 83.8 Å². The number of nitriles is 1. The molecule has 4 heteroatoms. The summed E-state index contributed by atoms with van der Waals surface area (Å²) in [6.45, 7) is 4.80. The number of aryl methyl sites for hydroxylation is 1. The number of nitrogens with zero attached hydrogens (tertiary/aromatic N) is 2. The van der Waals surface area contributed by atoms with Crippen molar-refractivity contribution < 1.29 is 9.53 Å². The molecule has 3 aromatic carbocycles. The first-order chi connectivity index (χ1) is 16.0. The first kappa shape index (κ1) is 22.6. The van der Waals surface area contributed by atoms with Crippen LogP contribution in [0.2, 0.25) is 0 Å². The Labute approximate surface area is 196 Å². The Balaban J connectivity index is 1.71. The molecule has 0 heterocycles. The smallest absolute Gasteiger partial charge is 0.234 e. The van der Waals surface area contributed by atoms with Crippen molar-refractivity contribution >= 4 is 11.6 Å². The summed E-state index contributed by atoms with van der Waals surface area (Å²) < 4.78 is 5.46. The number of carbonyl (C=O) groups is 1. The molecule has 0 saturated carbocycles. The molecule has 0 fully saturated rings. The quantitative estimate of drug-likeness (QED) is 0.451. The molecule has 0 radical (unpaired) electrons. The number of fused-ring (bicyclic) bond motifs is 1. The van der Waals surface area contributed by atoms with Crippen molar-refractivity contribution in [3.05, 3.63) is 94.5 Å².